The number of fused-ring (bicyclic) bond motifs is 1. The summed E-state index contributed by atoms with van der Waals surface area (Å²) >= 11 is 1.21. The molecule has 2 heterocycles. The molecule has 8 heteroatoms. The normalized spacial score (nSPS) is 11.0. The van der Waals surface area contributed by atoms with E-state index in [1.165, 1.54) is 28.2 Å². The highest BCUT2D eigenvalue weighted by Crippen LogP contribution is 2.23. The Hall–Kier alpha value is -2.35. The van der Waals surface area contributed by atoms with Crippen LogP contribution in [0.3, 0.4) is 0 Å². The number of aromatic nitrogens is 4. The van der Waals surface area contributed by atoms with Crippen LogP contribution in [0.2, 0.25) is 0 Å². The van der Waals surface area contributed by atoms with Crippen LogP contribution in [0.25, 0.3) is 5.84 Å². The van der Waals surface area contributed by atoms with Gasteiger partial charge in [-0.05, 0) is 31.9 Å². The molecule has 0 spiro atoms. The summed E-state index contributed by atoms with van der Waals surface area (Å²) < 4.78 is 6.76. The maximum Gasteiger partial charge on any atom is 0.345 e. The minimum absolute atomic E-state index is 0.103. The van der Waals surface area contributed by atoms with E-state index >= 15 is 0 Å². The number of aryl methyl sites for hydroxylation is 3. The second kappa shape index (κ2) is 5.80. The summed E-state index contributed by atoms with van der Waals surface area (Å²) in [6, 6.07) is 4.09. The number of hydrogen-bond acceptors (Lipinski definition) is 6. The summed E-state index contributed by atoms with van der Waals surface area (Å²) in [6.07, 6.45) is 1.45. The van der Waals surface area contributed by atoms with Gasteiger partial charge in [-0.3, -0.25) is 4.79 Å². The lowest BCUT2D eigenvalue weighted by atomic mass is 10.1. The van der Waals surface area contributed by atoms with Crippen LogP contribution < -0.4 is 5.32 Å². The van der Waals surface area contributed by atoms with Crippen molar-refractivity contribution in [1.82, 2.24) is 19.8 Å². The molecule has 0 radical (unpaired) electrons. The fraction of sp³-hybridized carbons (Fsp3) is 0.286. The number of benzene rings is 1. The lowest BCUT2D eigenvalue weighted by molar-refractivity contribution is -0.113. The van der Waals surface area contributed by atoms with E-state index in [1.54, 1.807) is 0 Å². The Morgan fingerprint density at radius 2 is 2.05 bits per heavy atom. The lowest BCUT2D eigenvalue weighted by Gasteiger charge is -2.12. The number of rotatable bonds is 4. The van der Waals surface area contributed by atoms with Crippen LogP contribution in [-0.2, 0) is 4.79 Å². The molecule has 0 aliphatic rings. The number of carbonyl (C=O) groups is 1. The zero-order valence-electron chi connectivity index (χ0n) is 12.5. The van der Waals surface area contributed by atoms with E-state index in [0.717, 1.165) is 16.8 Å². The number of carbonyl (C=O) groups excluding carboxylic acids is 1. The maximum atomic E-state index is 12.1. The minimum Gasteiger partial charge on any atom is -0.396 e. The molecule has 0 saturated heterocycles. The molecule has 114 valence electrons. The SMILES string of the molecule is Cc1cc(C)c(NC(=O)CSc2nn3cnnc3o2)c(C)c1. The highest BCUT2D eigenvalue weighted by atomic mass is 32.2. The molecule has 0 unspecified atom stereocenters. The third-order valence-electron chi connectivity index (χ3n) is 3.14. The number of nitrogens with one attached hydrogen (secondary N) is 1. The molecule has 0 aliphatic carbocycles. The third-order valence-corrected chi connectivity index (χ3v) is 3.95. The van der Waals surface area contributed by atoms with Gasteiger partial charge < -0.3 is 9.73 Å². The first-order chi connectivity index (χ1) is 10.5. The molecule has 3 rings (SSSR count). The molecule has 0 aliphatic heterocycles. The van der Waals surface area contributed by atoms with Gasteiger partial charge in [0.05, 0.1) is 5.75 Å². The molecule has 1 N–H and O–H groups in total. The Morgan fingerprint density at radius 1 is 1.32 bits per heavy atom. The molecule has 0 fully saturated rings. The first kappa shape index (κ1) is 14.6. The molecule has 1 amide bonds. The fourth-order valence-electron chi connectivity index (χ4n) is 2.28. The number of nitrogens with zero attached hydrogens (tertiary/aromatic N) is 4. The van der Waals surface area contributed by atoms with E-state index in [2.05, 4.69) is 20.6 Å². The van der Waals surface area contributed by atoms with Gasteiger partial charge in [0.15, 0.2) is 0 Å². The average molecular weight is 317 g/mol. The Labute approximate surface area is 131 Å². The number of thioether (sulfide) groups is 1. The van der Waals surface area contributed by atoms with Crippen molar-refractivity contribution in [2.45, 2.75) is 26.0 Å². The Balaban J connectivity index is 1.64. The van der Waals surface area contributed by atoms with Crippen LogP contribution in [-0.4, -0.2) is 31.5 Å². The Morgan fingerprint density at radius 3 is 2.73 bits per heavy atom. The van der Waals surface area contributed by atoms with E-state index in [4.69, 9.17) is 4.42 Å². The third kappa shape index (κ3) is 2.96. The topological polar surface area (TPSA) is 85.3 Å². The van der Waals surface area contributed by atoms with Crippen molar-refractivity contribution in [2.75, 3.05) is 11.1 Å². The minimum atomic E-state index is -0.103. The molecule has 2 aromatic heterocycles. The van der Waals surface area contributed by atoms with E-state index in [1.807, 2.05) is 32.9 Å². The molecule has 1 aromatic carbocycles. The summed E-state index contributed by atoms with van der Waals surface area (Å²) in [6.45, 7) is 6.01. The summed E-state index contributed by atoms with van der Waals surface area (Å²) in [7, 11) is 0. The van der Waals surface area contributed by atoms with E-state index in [0.29, 0.717) is 11.1 Å². The lowest BCUT2D eigenvalue weighted by Crippen LogP contribution is -2.16. The van der Waals surface area contributed by atoms with Crippen molar-refractivity contribution in [3.8, 4) is 0 Å². The maximum absolute atomic E-state index is 12.1. The zero-order chi connectivity index (χ0) is 15.7. The summed E-state index contributed by atoms with van der Waals surface area (Å²) in [4.78, 5) is 12.1. The molecular formula is C14H15N5O2S. The van der Waals surface area contributed by atoms with E-state index in [-0.39, 0.29) is 11.7 Å². The summed E-state index contributed by atoms with van der Waals surface area (Å²) in [5, 5.41) is 14.8. The monoisotopic (exact) mass is 317 g/mol. The van der Waals surface area contributed by atoms with Crippen LogP contribution in [0, 0.1) is 20.8 Å². The van der Waals surface area contributed by atoms with Gasteiger partial charge in [-0.1, -0.05) is 34.6 Å². The van der Waals surface area contributed by atoms with Gasteiger partial charge in [0.1, 0.15) is 6.33 Å². The van der Waals surface area contributed by atoms with Gasteiger partial charge in [0.25, 0.3) is 5.22 Å². The largest absolute Gasteiger partial charge is 0.396 e. The van der Waals surface area contributed by atoms with Crippen molar-refractivity contribution in [3.63, 3.8) is 0 Å². The van der Waals surface area contributed by atoms with Crippen LogP contribution >= 0.6 is 11.8 Å². The van der Waals surface area contributed by atoms with Crippen LogP contribution in [0.5, 0.6) is 0 Å². The van der Waals surface area contributed by atoms with Crippen molar-refractivity contribution < 1.29 is 9.21 Å². The molecule has 0 saturated carbocycles. The second-order valence-corrected chi connectivity index (χ2v) is 5.96. The first-order valence-electron chi connectivity index (χ1n) is 6.70. The summed E-state index contributed by atoms with van der Waals surface area (Å²) in [5.41, 5.74) is 4.15. The standard InChI is InChI=1S/C14H15N5O2S/c1-8-4-9(2)12(10(3)5-8)16-11(20)6-22-14-18-19-7-15-17-13(19)21-14/h4-5,7H,6H2,1-3H3,(H,16,20). The van der Waals surface area contributed by atoms with Crippen molar-refractivity contribution in [2.24, 2.45) is 0 Å². The smallest absolute Gasteiger partial charge is 0.345 e. The number of amides is 1. The van der Waals surface area contributed by atoms with Crippen molar-refractivity contribution >= 4 is 29.2 Å². The van der Waals surface area contributed by atoms with Crippen molar-refractivity contribution in [3.05, 3.63) is 35.2 Å². The van der Waals surface area contributed by atoms with Gasteiger partial charge in [-0.15, -0.1) is 10.2 Å². The molecule has 0 bridgehead atoms. The van der Waals surface area contributed by atoms with Gasteiger partial charge >= 0.3 is 5.84 Å². The predicted molar refractivity (Wildman–Crippen MR) is 83.1 cm³/mol. The van der Waals surface area contributed by atoms with Crippen molar-refractivity contribution in [1.29, 1.82) is 0 Å². The number of hydrogen-bond donors (Lipinski definition) is 1. The fourth-order valence-corrected chi connectivity index (χ4v) is 2.89. The molecular weight excluding hydrogens is 302 g/mol. The Bertz CT molecular complexity index is 787. The quantitative estimate of drug-likeness (QED) is 0.744. The van der Waals surface area contributed by atoms with Gasteiger partial charge in [-0.2, -0.15) is 4.52 Å². The van der Waals surface area contributed by atoms with E-state index < -0.39 is 0 Å². The average Bonchev–Trinajstić information content (AvgIpc) is 3.01. The molecule has 7 nitrogen and oxygen atoms in total. The van der Waals surface area contributed by atoms with E-state index in [9.17, 15) is 4.79 Å². The summed E-state index contributed by atoms with van der Waals surface area (Å²) in [5.74, 6) is 0.422. The van der Waals surface area contributed by atoms with Gasteiger partial charge in [0.2, 0.25) is 5.91 Å². The molecule has 0 atom stereocenters. The highest BCUT2D eigenvalue weighted by molar-refractivity contribution is 7.99. The molecule has 22 heavy (non-hydrogen) atoms. The van der Waals surface area contributed by atoms with Crippen LogP contribution in [0.4, 0.5) is 5.69 Å². The first-order valence-corrected chi connectivity index (χ1v) is 7.69. The molecule has 3 aromatic rings. The second-order valence-electron chi connectivity index (χ2n) is 5.04. The zero-order valence-corrected chi connectivity index (χ0v) is 13.3. The predicted octanol–water partition coefficient (Wildman–Crippen LogP) is 2.37. The highest BCUT2D eigenvalue weighted by Gasteiger charge is 2.12. The van der Waals surface area contributed by atoms with Gasteiger partial charge in [-0.25, -0.2) is 0 Å². The van der Waals surface area contributed by atoms with Crippen LogP contribution in [0.1, 0.15) is 16.7 Å². The number of anilines is 1. The Kier molecular flexibility index (Phi) is 3.84. The van der Waals surface area contributed by atoms with Crippen LogP contribution in [0.15, 0.2) is 28.1 Å². The van der Waals surface area contributed by atoms with Gasteiger partial charge in [0, 0.05) is 5.69 Å².